The molecule has 0 aliphatic carbocycles. The Morgan fingerprint density at radius 1 is 1.15 bits per heavy atom. The van der Waals surface area contributed by atoms with Crippen molar-refractivity contribution >= 4 is 0 Å². The summed E-state index contributed by atoms with van der Waals surface area (Å²) in [6.07, 6.45) is 0.970. The Morgan fingerprint density at radius 2 is 1.69 bits per heavy atom. The van der Waals surface area contributed by atoms with Crippen LogP contribution in [0, 0.1) is 5.82 Å². The van der Waals surface area contributed by atoms with Crippen LogP contribution in [0.4, 0.5) is 4.39 Å². The lowest BCUT2D eigenvalue weighted by Crippen LogP contribution is -1.94. The Hall–Kier alpha value is -1.05. The fourth-order valence-electron chi connectivity index (χ4n) is 0.751. The number of rotatable bonds is 3. The third-order valence-corrected chi connectivity index (χ3v) is 1.29. The van der Waals surface area contributed by atoms with Crippen molar-refractivity contribution in [1.82, 2.24) is 0 Å². The molecule has 74 valence electrons. The minimum absolute atomic E-state index is 0.228. The molecule has 13 heavy (non-hydrogen) atoms. The normalized spacial score (nSPS) is 8.62. The summed E-state index contributed by atoms with van der Waals surface area (Å²) in [4.78, 5) is 0. The largest absolute Gasteiger partial charge is 0.494 e. The van der Waals surface area contributed by atoms with Crippen LogP contribution in [0.15, 0.2) is 24.3 Å². The highest BCUT2D eigenvalue weighted by atomic mass is 19.1. The predicted molar refractivity (Wildman–Crippen MR) is 53.5 cm³/mol. The molecule has 0 aromatic heterocycles. The molecule has 1 rings (SSSR count). The summed E-state index contributed by atoms with van der Waals surface area (Å²) in [6, 6.07) is 6.05. The highest BCUT2D eigenvalue weighted by Gasteiger charge is 1.91. The van der Waals surface area contributed by atoms with E-state index in [4.69, 9.17) is 4.74 Å². The summed E-state index contributed by atoms with van der Waals surface area (Å²) in [5, 5.41) is 0. The molecule has 0 atom stereocenters. The van der Waals surface area contributed by atoms with Gasteiger partial charge in [0.2, 0.25) is 0 Å². The van der Waals surface area contributed by atoms with Gasteiger partial charge in [-0.3, -0.25) is 0 Å². The standard InChI is InChI=1S/C9H11FO.C2H6/c1-2-7-11-9-5-3-8(10)4-6-9;1-2/h3-6H,2,7H2,1H3;1-2H3. The lowest BCUT2D eigenvalue weighted by atomic mass is 10.3. The summed E-state index contributed by atoms with van der Waals surface area (Å²) in [5.74, 6) is 0.502. The van der Waals surface area contributed by atoms with Crippen molar-refractivity contribution < 1.29 is 9.13 Å². The van der Waals surface area contributed by atoms with Crippen molar-refractivity contribution in [3.63, 3.8) is 0 Å². The molecule has 0 aliphatic heterocycles. The number of hydrogen-bond donors (Lipinski definition) is 0. The van der Waals surface area contributed by atoms with Gasteiger partial charge in [0, 0.05) is 0 Å². The molecule has 0 unspecified atom stereocenters. The predicted octanol–water partition coefficient (Wildman–Crippen LogP) is 3.64. The first kappa shape index (κ1) is 11.9. The Bertz CT molecular complexity index is 206. The van der Waals surface area contributed by atoms with E-state index in [2.05, 4.69) is 0 Å². The molecule has 0 radical (unpaired) electrons. The minimum Gasteiger partial charge on any atom is -0.494 e. The SMILES string of the molecule is CC.CCCOc1ccc(F)cc1. The molecular formula is C11H17FO. The quantitative estimate of drug-likeness (QED) is 0.696. The molecule has 1 aromatic carbocycles. The number of benzene rings is 1. The van der Waals surface area contributed by atoms with E-state index in [1.165, 1.54) is 12.1 Å². The van der Waals surface area contributed by atoms with Crippen LogP contribution >= 0.6 is 0 Å². The first-order valence-electron chi connectivity index (χ1n) is 4.71. The van der Waals surface area contributed by atoms with Crippen LogP contribution in [0.3, 0.4) is 0 Å². The maximum absolute atomic E-state index is 12.4. The van der Waals surface area contributed by atoms with Crippen molar-refractivity contribution in [3.05, 3.63) is 30.1 Å². The third-order valence-electron chi connectivity index (χ3n) is 1.29. The first-order valence-corrected chi connectivity index (χ1v) is 4.71. The summed E-state index contributed by atoms with van der Waals surface area (Å²) < 4.78 is 17.6. The van der Waals surface area contributed by atoms with E-state index in [1.54, 1.807) is 12.1 Å². The van der Waals surface area contributed by atoms with E-state index in [0.29, 0.717) is 6.61 Å². The topological polar surface area (TPSA) is 9.23 Å². The van der Waals surface area contributed by atoms with Gasteiger partial charge >= 0.3 is 0 Å². The van der Waals surface area contributed by atoms with Gasteiger partial charge in [0.1, 0.15) is 11.6 Å². The van der Waals surface area contributed by atoms with Crippen LogP contribution in [-0.4, -0.2) is 6.61 Å². The molecule has 0 heterocycles. The lowest BCUT2D eigenvalue weighted by Gasteiger charge is -2.02. The van der Waals surface area contributed by atoms with Gasteiger partial charge in [-0.05, 0) is 30.7 Å². The Labute approximate surface area is 79.5 Å². The molecule has 0 saturated heterocycles. The Balaban J connectivity index is 0.000000671. The van der Waals surface area contributed by atoms with Crippen molar-refractivity contribution in [3.8, 4) is 5.75 Å². The second-order valence-electron chi connectivity index (χ2n) is 2.30. The second kappa shape index (κ2) is 7.59. The lowest BCUT2D eigenvalue weighted by molar-refractivity contribution is 0.317. The summed E-state index contributed by atoms with van der Waals surface area (Å²) in [5.41, 5.74) is 0. The molecular weight excluding hydrogens is 167 g/mol. The third kappa shape index (κ3) is 5.23. The van der Waals surface area contributed by atoms with Gasteiger partial charge in [-0.25, -0.2) is 4.39 Å². The van der Waals surface area contributed by atoms with E-state index >= 15 is 0 Å². The van der Waals surface area contributed by atoms with Crippen molar-refractivity contribution in [1.29, 1.82) is 0 Å². The van der Waals surface area contributed by atoms with Crippen molar-refractivity contribution in [2.24, 2.45) is 0 Å². The van der Waals surface area contributed by atoms with Crippen LogP contribution in [0.5, 0.6) is 5.75 Å². The zero-order chi connectivity index (χ0) is 10.1. The van der Waals surface area contributed by atoms with Crippen molar-refractivity contribution in [2.45, 2.75) is 27.2 Å². The molecule has 2 heteroatoms. The Kier molecular flexibility index (Phi) is 6.98. The van der Waals surface area contributed by atoms with Crippen LogP contribution in [0.1, 0.15) is 27.2 Å². The van der Waals surface area contributed by atoms with E-state index in [1.807, 2.05) is 20.8 Å². The van der Waals surface area contributed by atoms with Crippen LogP contribution in [-0.2, 0) is 0 Å². The van der Waals surface area contributed by atoms with Crippen molar-refractivity contribution in [2.75, 3.05) is 6.61 Å². The van der Waals surface area contributed by atoms with Crippen LogP contribution in [0.25, 0.3) is 0 Å². The molecule has 0 bridgehead atoms. The molecule has 1 nitrogen and oxygen atoms in total. The van der Waals surface area contributed by atoms with Gasteiger partial charge in [-0.15, -0.1) is 0 Å². The maximum Gasteiger partial charge on any atom is 0.123 e. The monoisotopic (exact) mass is 184 g/mol. The van der Waals surface area contributed by atoms with E-state index in [0.717, 1.165) is 12.2 Å². The molecule has 1 aromatic rings. The number of halogens is 1. The van der Waals surface area contributed by atoms with E-state index in [9.17, 15) is 4.39 Å². The second-order valence-corrected chi connectivity index (χ2v) is 2.30. The molecule has 0 fully saturated rings. The number of hydrogen-bond acceptors (Lipinski definition) is 1. The molecule has 0 spiro atoms. The smallest absolute Gasteiger partial charge is 0.123 e. The molecule has 0 aliphatic rings. The summed E-state index contributed by atoms with van der Waals surface area (Å²) in [7, 11) is 0. The van der Waals surface area contributed by atoms with Gasteiger partial charge in [0.05, 0.1) is 6.61 Å². The molecule has 0 saturated carbocycles. The first-order chi connectivity index (χ1) is 6.33. The van der Waals surface area contributed by atoms with Gasteiger partial charge in [-0.1, -0.05) is 20.8 Å². The average Bonchev–Trinajstić information content (AvgIpc) is 2.20. The average molecular weight is 184 g/mol. The highest BCUT2D eigenvalue weighted by molar-refractivity contribution is 5.21. The fourth-order valence-corrected chi connectivity index (χ4v) is 0.751. The fraction of sp³-hybridized carbons (Fsp3) is 0.455. The minimum atomic E-state index is -0.228. The van der Waals surface area contributed by atoms with E-state index < -0.39 is 0 Å². The van der Waals surface area contributed by atoms with Gasteiger partial charge in [0.15, 0.2) is 0 Å². The van der Waals surface area contributed by atoms with Gasteiger partial charge < -0.3 is 4.74 Å². The molecule has 0 amide bonds. The van der Waals surface area contributed by atoms with Crippen LogP contribution in [0.2, 0.25) is 0 Å². The summed E-state index contributed by atoms with van der Waals surface area (Å²) in [6.45, 7) is 6.72. The highest BCUT2D eigenvalue weighted by Crippen LogP contribution is 2.10. The van der Waals surface area contributed by atoms with Gasteiger partial charge in [0.25, 0.3) is 0 Å². The zero-order valence-electron chi connectivity index (χ0n) is 8.51. The van der Waals surface area contributed by atoms with Gasteiger partial charge in [-0.2, -0.15) is 0 Å². The molecule has 0 N–H and O–H groups in total. The number of ether oxygens (including phenoxy) is 1. The van der Waals surface area contributed by atoms with Crippen LogP contribution < -0.4 is 4.74 Å². The zero-order valence-corrected chi connectivity index (χ0v) is 8.51. The summed E-state index contributed by atoms with van der Waals surface area (Å²) >= 11 is 0. The van der Waals surface area contributed by atoms with E-state index in [-0.39, 0.29) is 5.82 Å². The Morgan fingerprint density at radius 3 is 2.15 bits per heavy atom. The maximum atomic E-state index is 12.4.